The number of benzene rings is 4. The van der Waals surface area contributed by atoms with E-state index < -0.39 is 39.7 Å². The number of H-pyrrole nitrogens is 5. The number of amides is 1. The molecule has 141 heavy (non-hydrogen) atoms. The smallest absolute Gasteiger partial charge is 0.252 e. The molecule has 0 radical (unpaired) electrons. The number of rotatable bonds is 34. The van der Waals surface area contributed by atoms with Gasteiger partial charge in [0.25, 0.3) is 10.0 Å². The van der Waals surface area contributed by atoms with Gasteiger partial charge in [-0.05, 0) is 183 Å². The lowest BCUT2D eigenvalue weighted by molar-refractivity contribution is -0.118. The standard InChI is InChI=1S/C21H23ClN6O3S.C21H25ClN6O2S.C18H19ClN6O2S2.C16H17N7.C16H16N6O3S.6H2/c1-13(29)23-8-3-9-32(30,31)16-5-2-4-15(10-16)20-24-12-17(22)21(26-20)25-19-11-18(27-28-19)14-6-7-14;1-28(2)9-4-10-31(29,30)16-6-3-5-15(11-16)20-23-13-17(22)21(25-20)24-19-12-18(26-27-19)14-7-8-14;19-12-10-20-18(22-17(12)21-15-9-13(23-24-15)11-3-4-11)14-5-6-16(28-14)29(26,27)25-7-1-2-8-25;17-11-2-1-3-12(8-11)19-16-18-7-6-14(21-16)20-15-9-13(22-23-15)10-4-5-10;17-26(24,25)11-3-1-2-10(6-11)15-18-8-13(23)16(20-15)19-14-7-12(21-22-14)9-4-5-9;;;;;;/h2,4-5,10-12,14H,3,6-9H2,1H3,(H,23,29)(H2,24,25,26,27,28);3,5-6,11-14H,4,7-10H2,1-2H3,(H2,23,24,25,26,27);5-6,9-11H,1-4,7-8H2,(H2,20,21,22,23,24);1-3,6-10H,4-5,17H2,(H3,18,19,20,21,22,23);1-3,6-9,23H,4-5H2,(H2,17,24,25)(H2,18,19,20,21,22);6*1H. The van der Waals surface area contributed by atoms with Crippen molar-refractivity contribution >= 4 is 167 Å². The summed E-state index contributed by atoms with van der Waals surface area (Å²) < 4.78 is 101. The van der Waals surface area contributed by atoms with Crippen molar-refractivity contribution in [2.75, 3.05) is 89.4 Å². The Hall–Kier alpha value is -13.6. The fraction of sp³-hybridized carbons (Fsp3) is 0.304. The van der Waals surface area contributed by atoms with Crippen molar-refractivity contribution in [2.24, 2.45) is 5.14 Å². The van der Waals surface area contributed by atoms with E-state index in [1.165, 1.54) is 110 Å². The molecule has 49 heteroatoms. The molecular formula is C92H112Cl3N31O10S5. The Kier molecular flexibility index (Phi) is 30.7. The lowest BCUT2D eigenvalue weighted by Gasteiger charge is -2.13. The van der Waals surface area contributed by atoms with Gasteiger partial charge < -0.3 is 53.0 Å². The molecule has 15 aromatic rings. The summed E-state index contributed by atoms with van der Waals surface area (Å²) in [5.74, 6) is 9.65. The first-order chi connectivity index (χ1) is 67.8. The molecular weight excluding hydrogens is 1970 g/mol. The zero-order chi connectivity index (χ0) is 98.7. The first kappa shape index (κ1) is 99.0. The number of aromatic amines is 5. The summed E-state index contributed by atoms with van der Waals surface area (Å²) in [6, 6.07) is 41.5. The lowest BCUT2D eigenvalue weighted by Crippen LogP contribution is -2.27. The second kappa shape index (κ2) is 43.7. The van der Waals surface area contributed by atoms with Gasteiger partial charge in [-0.3, -0.25) is 30.3 Å². The SMILES string of the molecule is CC(=O)NCCCS(=O)(=O)c1cccc(-c2ncc(Cl)c(Nc3cc(C4CC4)[nH]n3)n2)c1.CN(C)CCCS(=O)(=O)c1cccc(-c2ncc(Cl)c(Nc3cc(C4CC4)[nH]n3)n2)c1.NS(=O)(=O)c1cccc(-c2ncc(O)c(Nc3cc(C4CC4)[nH]n3)n2)c1.Nc1cccc(Nc2nccc(Nc3cc(C4CC4)[nH]n3)n2)c1.O=S(=O)(c1ccc(-c2ncc(Cl)c(Nc3cc(C4CC4)[nH]n3)n2)s1)N1CCCC1.[HH].[HH].[HH].[HH].[HH].[HH]. The number of sulfonamides is 2. The van der Waals surface area contributed by atoms with E-state index in [1.807, 2.05) is 73.6 Å². The molecule has 746 valence electrons. The molecule has 21 rings (SSSR count). The average Bonchev–Trinajstić information content (AvgIpc) is 1.60. The van der Waals surface area contributed by atoms with E-state index in [9.17, 15) is 43.6 Å². The summed E-state index contributed by atoms with van der Waals surface area (Å²) in [6.45, 7) is 3.57. The molecule has 0 bridgehead atoms. The maximum absolute atomic E-state index is 12.8. The first-order valence-corrected chi connectivity index (χ1v) is 53.5. The molecule has 17 N–H and O–H groups in total. The predicted octanol–water partition coefficient (Wildman–Crippen LogP) is 17.8. The molecule has 0 spiro atoms. The minimum absolute atomic E-state index is 0. The van der Waals surface area contributed by atoms with Crippen LogP contribution in [0.4, 0.5) is 75.5 Å². The van der Waals surface area contributed by atoms with Gasteiger partial charge in [0, 0.05) is 158 Å². The molecule has 12 heterocycles. The van der Waals surface area contributed by atoms with Crippen LogP contribution in [-0.4, -0.2) is 206 Å². The summed E-state index contributed by atoms with van der Waals surface area (Å²) in [7, 11) is -10.3. The van der Waals surface area contributed by atoms with Crippen LogP contribution in [0.3, 0.4) is 0 Å². The van der Waals surface area contributed by atoms with Crippen LogP contribution in [0.2, 0.25) is 15.1 Å². The number of nitrogen functional groups attached to an aromatic ring is 1. The second-order valence-electron chi connectivity index (χ2n) is 34.6. The molecule has 0 atom stereocenters. The number of hydrogen-bond donors (Lipinski definition) is 15. The fourth-order valence-electron chi connectivity index (χ4n) is 14.7. The Morgan fingerprint density at radius 3 is 1.31 bits per heavy atom. The number of thiophene rings is 1. The second-order valence-corrected chi connectivity index (χ2v) is 44.9. The number of halogens is 3. The van der Waals surface area contributed by atoms with E-state index in [4.69, 9.17) is 45.7 Å². The zero-order valence-corrected chi connectivity index (χ0v) is 82.7. The summed E-state index contributed by atoms with van der Waals surface area (Å²) in [4.78, 5) is 57.3. The number of aromatic nitrogens is 20. The molecule has 41 nitrogen and oxygen atoms in total. The van der Waals surface area contributed by atoms with Crippen molar-refractivity contribution in [1.29, 1.82) is 0 Å². The van der Waals surface area contributed by atoms with Crippen LogP contribution in [0, 0.1) is 0 Å². The molecule has 0 unspecified atom stereocenters. The number of aromatic hydroxyl groups is 1. The molecule has 1 amide bonds. The van der Waals surface area contributed by atoms with Crippen LogP contribution >= 0.6 is 46.1 Å². The number of hydrogen-bond acceptors (Lipinski definition) is 34. The number of carbonyl (C=O) groups excluding carboxylic acids is 1. The molecule has 1 saturated heterocycles. The summed E-state index contributed by atoms with van der Waals surface area (Å²) in [6.07, 6.45) is 21.9. The van der Waals surface area contributed by atoms with E-state index in [1.54, 1.807) is 79.0 Å². The third-order valence-corrected chi connectivity index (χ3v) is 31.7. The van der Waals surface area contributed by atoms with Gasteiger partial charge in [0.1, 0.15) is 25.1 Å². The van der Waals surface area contributed by atoms with E-state index >= 15 is 0 Å². The van der Waals surface area contributed by atoms with E-state index in [2.05, 4.69) is 138 Å². The third-order valence-electron chi connectivity index (χ3n) is 22.9. The average molecular weight is 2080 g/mol. The molecule has 5 aliphatic carbocycles. The first-order valence-electron chi connectivity index (χ1n) is 45.3. The number of nitrogens with one attached hydrogen (secondary N) is 12. The van der Waals surface area contributed by atoms with Crippen LogP contribution < -0.4 is 48.1 Å². The quantitative estimate of drug-likeness (QED) is 0.0132. The minimum Gasteiger partial charge on any atom is -0.503 e. The number of carbonyl (C=O) groups is 1. The van der Waals surface area contributed by atoms with Gasteiger partial charge in [-0.1, -0.05) is 77.3 Å². The van der Waals surface area contributed by atoms with Gasteiger partial charge in [-0.2, -0.15) is 34.8 Å². The molecule has 6 fully saturated rings. The predicted molar refractivity (Wildman–Crippen MR) is 552 cm³/mol. The van der Waals surface area contributed by atoms with Crippen molar-refractivity contribution in [3.8, 4) is 50.6 Å². The van der Waals surface area contributed by atoms with Crippen molar-refractivity contribution in [1.82, 2.24) is 115 Å². The molecule has 5 saturated carbocycles. The topological polar surface area (TPSA) is 589 Å². The largest absolute Gasteiger partial charge is 0.503 e. The maximum Gasteiger partial charge on any atom is 0.252 e. The van der Waals surface area contributed by atoms with Crippen LogP contribution in [0.25, 0.3) is 44.9 Å². The molecule has 11 aromatic heterocycles. The van der Waals surface area contributed by atoms with E-state index in [0.717, 1.165) is 72.8 Å². The van der Waals surface area contributed by atoms with Crippen molar-refractivity contribution < 1.29 is 52.1 Å². The van der Waals surface area contributed by atoms with Crippen LogP contribution in [0.15, 0.2) is 195 Å². The fourth-order valence-corrected chi connectivity index (χ4v) is 21.3. The zero-order valence-electron chi connectivity index (χ0n) is 76.3. The summed E-state index contributed by atoms with van der Waals surface area (Å²) in [5.41, 5.74) is 14.4. The van der Waals surface area contributed by atoms with Gasteiger partial charge in [-0.15, -0.1) is 11.3 Å². The lowest BCUT2D eigenvalue weighted by atomic mass is 10.2. The van der Waals surface area contributed by atoms with Crippen molar-refractivity contribution in [2.45, 2.75) is 145 Å². The highest BCUT2D eigenvalue weighted by molar-refractivity contribution is 7.92. The Morgan fingerprint density at radius 2 is 0.872 bits per heavy atom. The molecule has 6 aliphatic rings. The van der Waals surface area contributed by atoms with Crippen LogP contribution in [0.1, 0.15) is 163 Å². The Labute approximate surface area is 839 Å². The van der Waals surface area contributed by atoms with E-state index in [-0.39, 0.29) is 58.1 Å². The van der Waals surface area contributed by atoms with Gasteiger partial charge in [0.05, 0.1) is 55.9 Å². The van der Waals surface area contributed by atoms with Gasteiger partial charge >= 0.3 is 0 Å². The van der Waals surface area contributed by atoms with Gasteiger partial charge in [-0.25, -0.2) is 83.7 Å². The molecule has 4 aromatic carbocycles. The van der Waals surface area contributed by atoms with E-state index in [0.29, 0.717) is 185 Å². The molecule has 1 aliphatic heterocycles. The highest BCUT2D eigenvalue weighted by Gasteiger charge is 2.33. The Morgan fingerprint density at radius 1 is 0.468 bits per heavy atom. The number of nitrogens with two attached hydrogens (primary N) is 2. The summed E-state index contributed by atoms with van der Waals surface area (Å²) in [5, 5.41) is 73.7. The number of nitrogens with zero attached hydrogens (tertiary/aromatic N) is 17. The van der Waals surface area contributed by atoms with Gasteiger partial charge in [0.2, 0.25) is 21.9 Å². The Balaban J connectivity index is 0.000000174. The monoisotopic (exact) mass is 2080 g/mol. The number of primary sulfonamides is 1. The number of anilines is 13. The van der Waals surface area contributed by atoms with Crippen LogP contribution in [-0.2, 0) is 44.5 Å². The summed E-state index contributed by atoms with van der Waals surface area (Å²) >= 11 is 20.0. The van der Waals surface area contributed by atoms with Gasteiger partial charge in [0.15, 0.2) is 101 Å². The third kappa shape index (κ3) is 27.0. The van der Waals surface area contributed by atoms with Crippen LogP contribution in [0.5, 0.6) is 5.75 Å². The van der Waals surface area contributed by atoms with Crippen molar-refractivity contribution in [3.63, 3.8) is 0 Å². The minimum atomic E-state index is -3.83. The number of sulfone groups is 2. The normalized spacial score (nSPS) is 14.8. The van der Waals surface area contributed by atoms with Crippen molar-refractivity contribution in [3.05, 3.63) is 220 Å². The Bertz CT molecular complexity index is 7520. The highest BCUT2D eigenvalue weighted by atomic mass is 35.5. The maximum atomic E-state index is 12.8. The highest BCUT2D eigenvalue weighted by Crippen LogP contribution is 2.45.